The molecule has 3 N–H and O–H groups in total. The molecule has 6 rings (SSSR count). The van der Waals surface area contributed by atoms with Crippen LogP contribution >= 0.6 is 0 Å². The number of amides is 1. The molecule has 11 nitrogen and oxygen atoms in total. The fourth-order valence-corrected chi connectivity index (χ4v) is 8.67. The molecular formula is C42H48N4O7. The molecule has 1 amide bonds. The van der Waals surface area contributed by atoms with Gasteiger partial charge in [-0.25, -0.2) is 0 Å². The van der Waals surface area contributed by atoms with Crippen LogP contribution in [-0.4, -0.2) is 87.1 Å². The van der Waals surface area contributed by atoms with Gasteiger partial charge in [0.05, 0.1) is 34.5 Å². The molecule has 0 fully saturated rings. The smallest absolute Gasteiger partial charge is 0.251 e. The Morgan fingerprint density at radius 2 is 1.38 bits per heavy atom. The van der Waals surface area contributed by atoms with E-state index in [4.69, 9.17) is 18.9 Å². The summed E-state index contributed by atoms with van der Waals surface area (Å²) in [6.45, 7) is 3.88. The summed E-state index contributed by atoms with van der Waals surface area (Å²) in [6.07, 6.45) is 0.995. The van der Waals surface area contributed by atoms with E-state index in [9.17, 15) is 20.3 Å². The lowest BCUT2D eigenvalue weighted by Gasteiger charge is -2.47. The largest absolute Gasteiger partial charge is 0.504 e. The molecule has 4 aromatic carbocycles. The lowest BCUT2D eigenvalue weighted by molar-refractivity contribution is 0.0452. The third-order valence-corrected chi connectivity index (χ3v) is 11.0. The molecule has 0 aliphatic carbocycles. The van der Waals surface area contributed by atoms with Gasteiger partial charge in [0, 0.05) is 63.6 Å². The second-order valence-electron chi connectivity index (χ2n) is 13.8. The molecule has 0 saturated heterocycles. The van der Waals surface area contributed by atoms with E-state index in [0.717, 1.165) is 22.3 Å². The summed E-state index contributed by atoms with van der Waals surface area (Å²) in [5.41, 5.74) is 6.25. The fourth-order valence-electron chi connectivity index (χ4n) is 8.67. The predicted molar refractivity (Wildman–Crippen MR) is 202 cm³/mol. The minimum atomic E-state index is -0.719. The molecule has 2 aliphatic heterocycles. The number of nitrogens with zero attached hydrogens (tertiary/aromatic N) is 3. The van der Waals surface area contributed by atoms with E-state index in [2.05, 4.69) is 16.3 Å². The molecule has 11 heteroatoms. The van der Waals surface area contributed by atoms with Gasteiger partial charge in [-0.15, -0.1) is 0 Å². The second kappa shape index (κ2) is 15.3. The van der Waals surface area contributed by atoms with Crippen LogP contribution in [0.2, 0.25) is 0 Å². The number of benzene rings is 4. The van der Waals surface area contributed by atoms with Crippen molar-refractivity contribution in [1.29, 1.82) is 5.26 Å². The Labute approximate surface area is 311 Å². The zero-order valence-corrected chi connectivity index (χ0v) is 31.6. The van der Waals surface area contributed by atoms with Gasteiger partial charge in [0.2, 0.25) is 0 Å². The van der Waals surface area contributed by atoms with Crippen LogP contribution in [0, 0.1) is 25.2 Å². The minimum absolute atomic E-state index is 0.0201. The number of nitriles is 1. The van der Waals surface area contributed by atoms with E-state index in [1.165, 1.54) is 14.2 Å². The molecule has 0 bridgehead atoms. The first kappa shape index (κ1) is 37.3. The summed E-state index contributed by atoms with van der Waals surface area (Å²) < 4.78 is 23.6. The number of carbonyl (C=O) groups excluding carboxylic acids is 1. The third-order valence-electron chi connectivity index (χ3n) is 11.0. The summed E-state index contributed by atoms with van der Waals surface area (Å²) >= 11 is 0. The van der Waals surface area contributed by atoms with Crippen LogP contribution in [0.15, 0.2) is 54.6 Å². The van der Waals surface area contributed by atoms with E-state index in [1.807, 2.05) is 81.4 Å². The van der Waals surface area contributed by atoms with Crippen LogP contribution in [0.3, 0.4) is 0 Å². The monoisotopic (exact) mass is 720 g/mol. The van der Waals surface area contributed by atoms with Crippen molar-refractivity contribution in [2.75, 3.05) is 49.1 Å². The molecule has 0 aromatic heterocycles. The summed E-state index contributed by atoms with van der Waals surface area (Å²) in [5.74, 6) is 1.40. The van der Waals surface area contributed by atoms with Gasteiger partial charge in [0.1, 0.15) is 17.5 Å². The van der Waals surface area contributed by atoms with Gasteiger partial charge in [-0.3, -0.25) is 9.69 Å². The SMILES string of the molecule is COc1c(C)c(OC)c2c(c1O)[C@H](CCNC(=O)c1ccccc1-c1ccccc1)N1[C@@H](C2)c2c(O)c(OC)c(C)c(OC)c2C[C@H](N(C)C)[C@@H]1C#N. The Morgan fingerprint density at radius 3 is 1.94 bits per heavy atom. The summed E-state index contributed by atoms with van der Waals surface area (Å²) in [5, 5.41) is 38.3. The van der Waals surface area contributed by atoms with Crippen molar-refractivity contribution in [3.63, 3.8) is 0 Å². The Kier molecular flexibility index (Phi) is 10.8. The summed E-state index contributed by atoms with van der Waals surface area (Å²) in [6, 6.07) is 17.6. The normalized spacial score (nSPS) is 19.2. The van der Waals surface area contributed by atoms with Crippen molar-refractivity contribution < 1.29 is 34.0 Å². The van der Waals surface area contributed by atoms with Crippen molar-refractivity contribution in [1.82, 2.24) is 15.1 Å². The average Bonchev–Trinajstić information content (AvgIpc) is 3.30. The van der Waals surface area contributed by atoms with Crippen LogP contribution in [0.25, 0.3) is 11.1 Å². The second-order valence-corrected chi connectivity index (χ2v) is 13.8. The number of fused-ring (bicyclic) bond motifs is 4. The van der Waals surface area contributed by atoms with Crippen LogP contribution in [0.4, 0.5) is 0 Å². The fraction of sp³-hybridized carbons (Fsp3) is 0.381. The third kappa shape index (κ3) is 6.26. The maximum atomic E-state index is 13.9. The van der Waals surface area contributed by atoms with Crippen LogP contribution in [-0.2, 0) is 12.8 Å². The number of phenolic OH excluding ortho intramolecular Hbond substituents is 2. The first-order chi connectivity index (χ1) is 25.5. The molecule has 53 heavy (non-hydrogen) atoms. The molecule has 2 heterocycles. The Balaban J connectivity index is 1.53. The van der Waals surface area contributed by atoms with E-state index < -0.39 is 18.1 Å². The van der Waals surface area contributed by atoms with Crippen molar-refractivity contribution in [2.45, 2.75) is 57.3 Å². The van der Waals surface area contributed by atoms with Crippen LogP contribution in [0.1, 0.15) is 62.2 Å². The molecule has 0 unspecified atom stereocenters. The quantitative estimate of drug-likeness (QED) is 0.172. The van der Waals surface area contributed by atoms with Gasteiger partial charge in [0.15, 0.2) is 23.0 Å². The van der Waals surface area contributed by atoms with Crippen molar-refractivity contribution >= 4 is 5.91 Å². The van der Waals surface area contributed by atoms with E-state index in [0.29, 0.717) is 64.3 Å². The number of nitrogens with one attached hydrogen (secondary N) is 1. The Hall–Kier alpha value is -5.44. The van der Waals surface area contributed by atoms with Gasteiger partial charge in [-0.1, -0.05) is 48.5 Å². The molecule has 278 valence electrons. The standard InChI is InChI=1S/C42H48N4O7/c1-23-38(50-5)28-20-31(45(3)4)33(22-43)46-30(18-19-44-42(49)27-17-13-12-16-26(27)25-14-10-9-11-15-25)34-29(21-32(46)35(28)37(48)41(23)53-8)39(51-6)24(2)40(52-7)36(34)47/h9-17,30-33,47-48H,18-21H2,1-8H3,(H,44,49)/t30-,31-,32-,33-/m0/s1. The highest BCUT2D eigenvalue weighted by Crippen LogP contribution is 2.58. The van der Waals surface area contributed by atoms with Gasteiger partial charge in [-0.2, -0.15) is 5.26 Å². The number of carbonyl (C=O) groups is 1. The van der Waals surface area contributed by atoms with Crippen molar-refractivity contribution in [2.24, 2.45) is 0 Å². The molecular weight excluding hydrogens is 672 g/mol. The topological polar surface area (TPSA) is 137 Å². The summed E-state index contributed by atoms with van der Waals surface area (Å²) in [7, 11) is 10.1. The molecule has 0 spiro atoms. The molecule has 4 atom stereocenters. The lowest BCUT2D eigenvalue weighted by atomic mass is 9.80. The zero-order valence-electron chi connectivity index (χ0n) is 31.6. The maximum absolute atomic E-state index is 13.9. The first-order valence-corrected chi connectivity index (χ1v) is 17.7. The number of aromatic hydroxyl groups is 2. The van der Waals surface area contributed by atoms with E-state index in [-0.39, 0.29) is 35.7 Å². The maximum Gasteiger partial charge on any atom is 0.251 e. The summed E-state index contributed by atoms with van der Waals surface area (Å²) in [4.78, 5) is 18.0. The van der Waals surface area contributed by atoms with Gasteiger partial charge >= 0.3 is 0 Å². The van der Waals surface area contributed by atoms with Crippen LogP contribution in [0.5, 0.6) is 34.5 Å². The van der Waals surface area contributed by atoms with Crippen molar-refractivity contribution in [3.05, 3.63) is 93.5 Å². The Morgan fingerprint density at radius 1 is 0.830 bits per heavy atom. The van der Waals surface area contributed by atoms with E-state index in [1.54, 1.807) is 20.3 Å². The highest BCUT2D eigenvalue weighted by molar-refractivity contribution is 6.00. The minimum Gasteiger partial charge on any atom is -0.504 e. The van der Waals surface area contributed by atoms with Gasteiger partial charge in [-0.05, 0) is 64.4 Å². The van der Waals surface area contributed by atoms with E-state index >= 15 is 0 Å². The predicted octanol–water partition coefficient (Wildman–Crippen LogP) is 6.26. The van der Waals surface area contributed by atoms with Gasteiger partial charge in [0.25, 0.3) is 5.91 Å². The molecule has 2 aliphatic rings. The van der Waals surface area contributed by atoms with Crippen LogP contribution < -0.4 is 24.3 Å². The number of ether oxygens (including phenoxy) is 4. The number of rotatable bonds is 10. The Bertz CT molecular complexity index is 2060. The number of methoxy groups -OCH3 is 4. The zero-order chi connectivity index (χ0) is 38.1. The number of hydrogen-bond donors (Lipinski definition) is 3. The highest BCUT2D eigenvalue weighted by atomic mass is 16.5. The number of hydrogen-bond acceptors (Lipinski definition) is 10. The molecule has 4 aromatic rings. The van der Waals surface area contributed by atoms with Gasteiger partial charge < -0.3 is 39.4 Å². The molecule has 0 radical (unpaired) electrons. The van der Waals surface area contributed by atoms with Crippen molar-refractivity contribution in [3.8, 4) is 51.7 Å². The lowest BCUT2D eigenvalue weighted by Crippen LogP contribution is -2.53. The number of phenols is 2. The molecule has 0 saturated carbocycles. The average molecular weight is 721 g/mol. The number of likely N-dealkylation sites (N-methyl/N-ethyl adjacent to an activating group) is 1. The first-order valence-electron chi connectivity index (χ1n) is 17.7. The highest BCUT2D eigenvalue weighted by Gasteiger charge is 2.50.